The molecular weight excluding hydrogens is 332 g/mol. The van der Waals surface area contributed by atoms with E-state index in [9.17, 15) is 9.90 Å². The highest BCUT2D eigenvalue weighted by Gasteiger charge is 2.32. The highest BCUT2D eigenvalue weighted by Crippen LogP contribution is 2.30. The number of pyridine rings is 1. The number of benzene rings is 1. The van der Waals surface area contributed by atoms with Gasteiger partial charge >= 0.3 is 0 Å². The fourth-order valence-electron chi connectivity index (χ4n) is 3.47. The normalized spacial score (nSPS) is 21.7. The van der Waals surface area contributed by atoms with E-state index in [0.717, 1.165) is 36.5 Å². The first-order valence-electron chi connectivity index (χ1n) is 8.94. The Kier molecular flexibility index (Phi) is 4.61. The molecule has 1 aromatic carbocycles. The van der Waals surface area contributed by atoms with Crippen LogP contribution in [0.15, 0.2) is 36.4 Å². The summed E-state index contributed by atoms with van der Waals surface area (Å²) < 4.78 is 10.8. The van der Waals surface area contributed by atoms with Crippen molar-refractivity contribution in [2.75, 3.05) is 25.1 Å². The molecule has 6 nitrogen and oxygen atoms in total. The van der Waals surface area contributed by atoms with Crippen LogP contribution in [0, 0.1) is 0 Å². The molecule has 4 rings (SSSR count). The first kappa shape index (κ1) is 17.0. The van der Waals surface area contributed by atoms with Crippen molar-refractivity contribution in [2.24, 2.45) is 0 Å². The maximum atomic E-state index is 12.3. The number of fused-ring (bicyclic) bond motifs is 1. The Balaban J connectivity index is 1.46. The maximum absolute atomic E-state index is 12.3. The van der Waals surface area contributed by atoms with Crippen molar-refractivity contribution in [2.45, 2.75) is 31.3 Å². The molecule has 2 N–H and O–H groups in total. The van der Waals surface area contributed by atoms with Crippen molar-refractivity contribution in [3.05, 3.63) is 42.0 Å². The van der Waals surface area contributed by atoms with Crippen LogP contribution < -0.4 is 10.1 Å². The smallest absolute Gasteiger partial charge is 0.228 e. The molecule has 3 heterocycles. The number of hydrogen-bond acceptors (Lipinski definition) is 5. The third-order valence-electron chi connectivity index (χ3n) is 4.79. The number of anilines is 1. The first-order chi connectivity index (χ1) is 12.6. The van der Waals surface area contributed by atoms with Gasteiger partial charge in [-0.1, -0.05) is 6.07 Å². The van der Waals surface area contributed by atoms with Gasteiger partial charge in [-0.15, -0.1) is 0 Å². The second-order valence-electron chi connectivity index (χ2n) is 6.93. The van der Waals surface area contributed by atoms with Crippen LogP contribution in [-0.2, 0) is 16.0 Å². The van der Waals surface area contributed by atoms with E-state index >= 15 is 0 Å². The fraction of sp³-hybridized carbons (Fsp3) is 0.400. The average Bonchev–Trinajstić information content (AvgIpc) is 3.09. The topological polar surface area (TPSA) is 80.7 Å². The zero-order chi connectivity index (χ0) is 18.0. The van der Waals surface area contributed by atoms with Crippen molar-refractivity contribution in [3.8, 4) is 17.0 Å². The van der Waals surface area contributed by atoms with Gasteiger partial charge in [-0.2, -0.15) is 0 Å². The Labute approximate surface area is 152 Å². The number of nitrogens with zero attached hydrogens (tertiary/aromatic N) is 1. The molecule has 2 aromatic rings. The lowest BCUT2D eigenvalue weighted by Crippen LogP contribution is -2.41. The predicted octanol–water partition coefficient (Wildman–Crippen LogP) is 2.55. The summed E-state index contributed by atoms with van der Waals surface area (Å²) in [5.41, 5.74) is 1.88. The minimum absolute atomic E-state index is 0.00902. The number of carbonyl (C=O) groups is 1. The molecule has 6 heteroatoms. The van der Waals surface area contributed by atoms with E-state index in [2.05, 4.69) is 16.4 Å². The first-order valence-corrected chi connectivity index (χ1v) is 8.94. The molecule has 0 aliphatic carbocycles. The van der Waals surface area contributed by atoms with E-state index in [0.29, 0.717) is 18.8 Å². The van der Waals surface area contributed by atoms with E-state index in [1.165, 1.54) is 5.56 Å². The van der Waals surface area contributed by atoms with E-state index in [4.69, 9.17) is 9.47 Å². The van der Waals surface area contributed by atoms with Gasteiger partial charge in [-0.3, -0.25) is 4.79 Å². The van der Waals surface area contributed by atoms with E-state index in [1.54, 1.807) is 6.07 Å². The quantitative estimate of drug-likeness (QED) is 0.882. The van der Waals surface area contributed by atoms with Gasteiger partial charge in [-0.05, 0) is 48.7 Å². The number of nitrogens with one attached hydrogen (secondary N) is 1. The van der Waals surface area contributed by atoms with E-state index in [1.807, 2.05) is 24.3 Å². The summed E-state index contributed by atoms with van der Waals surface area (Å²) in [6.45, 7) is 1.55. The zero-order valence-corrected chi connectivity index (χ0v) is 14.5. The van der Waals surface area contributed by atoms with Gasteiger partial charge in [0.2, 0.25) is 5.91 Å². The Morgan fingerprint density at radius 1 is 1.27 bits per heavy atom. The monoisotopic (exact) mass is 354 g/mol. The minimum Gasteiger partial charge on any atom is -0.493 e. The van der Waals surface area contributed by atoms with E-state index < -0.39 is 5.60 Å². The highest BCUT2D eigenvalue weighted by atomic mass is 16.5. The van der Waals surface area contributed by atoms with Crippen LogP contribution in [0.1, 0.15) is 24.8 Å². The number of rotatable bonds is 4. The molecule has 1 unspecified atom stereocenters. The molecule has 0 radical (unpaired) electrons. The summed E-state index contributed by atoms with van der Waals surface area (Å²) >= 11 is 0. The number of amides is 1. The van der Waals surface area contributed by atoms with Crippen molar-refractivity contribution in [1.29, 1.82) is 0 Å². The van der Waals surface area contributed by atoms with Crippen molar-refractivity contribution < 1.29 is 19.4 Å². The molecule has 1 saturated heterocycles. The van der Waals surface area contributed by atoms with Crippen LogP contribution in [0.25, 0.3) is 11.3 Å². The number of aliphatic hydroxyl groups is 1. The Morgan fingerprint density at radius 3 is 3.04 bits per heavy atom. The van der Waals surface area contributed by atoms with Crippen LogP contribution in [0.4, 0.5) is 5.82 Å². The minimum atomic E-state index is -1.08. The number of aromatic nitrogens is 1. The predicted molar refractivity (Wildman–Crippen MR) is 97.1 cm³/mol. The zero-order valence-electron chi connectivity index (χ0n) is 14.5. The molecule has 1 fully saturated rings. The van der Waals surface area contributed by atoms with Crippen LogP contribution in [0.2, 0.25) is 0 Å². The number of carbonyl (C=O) groups excluding carboxylic acids is 1. The van der Waals surface area contributed by atoms with Crippen molar-refractivity contribution in [1.82, 2.24) is 4.98 Å². The summed E-state index contributed by atoms with van der Waals surface area (Å²) in [6.07, 6.45) is 2.25. The molecule has 1 amide bonds. The SMILES string of the molecule is O=C(CC1(O)CCCOC1)Nc1cccc(-c2ccc3c(c2)CCO3)n1. The molecule has 2 aliphatic rings. The summed E-state index contributed by atoms with van der Waals surface area (Å²) in [4.78, 5) is 16.8. The van der Waals surface area contributed by atoms with Crippen LogP contribution in [0.5, 0.6) is 5.75 Å². The number of ether oxygens (including phenoxy) is 2. The lowest BCUT2D eigenvalue weighted by Gasteiger charge is -2.31. The molecule has 0 spiro atoms. The summed E-state index contributed by atoms with van der Waals surface area (Å²) in [5, 5.41) is 13.2. The highest BCUT2D eigenvalue weighted by molar-refractivity contribution is 5.90. The van der Waals surface area contributed by atoms with Gasteiger partial charge in [0.05, 0.1) is 30.9 Å². The Hall–Kier alpha value is -2.44. The standard InChI is InChI=1S/C20H22N2O4/c23-19(12-20(24)8-2-9-25-13-20)22-18-4-1-3-16(21-18)14-5-6-17-15(11-14)7-10-26-17/h1,3-6,11,24H,2,7-10,12-13H2,(H,21,22,23). The van der Waals surface area contributed by atoms with Gasteiger partial charge in [0, 0.05) is 18.6 Å². The Morgan fingerprint density at radius 2 is 2.19 bits per heavy atom. The lowest BCUT2D eigenvalue weighted by atomic mass is 9.93. The van der Waals surface area contributed by atoms with Gasteiger partial charge in [-0.25, -0.2) is 4.98 Å². The third kappa shape index (κ3) is 3.71. The van der Waals surface area contributed by atoms with E-state index in [-0.39, 0.29) is 18.9 Å². The molecule has 136 valence electrons. The average molecular weight is 354 g/mol. The van der Waals surface area contributed by atoms with Crippen LogP contribution >= 0.6 is 0 Å². The molecule has 0 bridgehead atoms. The van der Waals surface area contributed by atoms with Gasteiger partial charge < -0.3 is 19.9 Å². The summed E-state index contributed by atoms with van der Waals surface area (Å²) in [5.74, 6) is 1.15. The second kappa shape index (κ2) is 7.05. The van der Waals surface area contributed by atoms with Crippen molar-refractivity contribution >= 4 is 11.7 Å². The maximum Gasteiger partial charge on any atom is 0.228 e. The summed E-state index contributed by atoms with van der Waals surface area (Å²) in [6, 6.07) is 11.5. The number of hydrogen-bond donors (Lipinski definition) is 2. The third-order valence-corrected chi connectivity index (χ3v) is 4.79. The largest absolute Gasteiger partial charge is 0.493 e. The molecule has 0 saturated carbocycles. The van der Waals surface area contributed by atoms with Crippen molar-refractivity contribution in [3.63, 3.8) is 0 Å². The molecular formula is C20H22N2O4. The van der Waals surface area contributed by atoms with Crippen LogP contribution in [0.3, 0.4) is 0 Å². The fourth-order valence-corrected chi connectivity index (χ4v) is 3.47. The lowest BCUT2D eigenvalue weighted by molar-refractivity contribution is -0.129. The summed E-state index contributed by atoms with van der Waals surface area (Å²) in [7, 11) is 0. The Bertz CT molecular complexity index is 815. The molecule has 1 aromatic heterocycles. The molecule has 1 atom stereocenters. The molecule has 26 heavy (non-hydrogen) atoms. The van der Waals surface area contributed by atoms with Gasteiger partial charge in [0.25, 0.3) is 0 Å². The van der Waals surface area contributed by atoms with Gasteiger partial charge in [0.15, 0.2) is 0 Å². The van der Waals surface area contributed by atoms with Gasteiger partial charge in [0.1, 0.15) is 11.6 Å². The van der Waals surface area contributed by atoms with Crippen LogP contribution in [-0.4, -0.2) is 41.4 Å². The second-order valence-corrected chi connectivity index (χ2v) is 6.93. The molecule has 2 aliphatic heterocycles.